The first-order valence-electron chi connectivity index (χ1n) is 8.59. The maximum absolute atomic E-state index is 12.2. The van der Waals surface area contributed by atoms with E-state index in [1.54, 1.807) is 6.20 Å². The molecule has 2 radical (unpaired) electrons. The molecule has 7 N–H and O–H groups in total. The molecule has 1 aliphatic carbocycles. The van der Waals surface area contributed by atoms with Gasteiger partial charge in [0.05, 0.1) is 20.2 Å². The lowest BCUT2D eigenvalue weighted by atomic mass is 9.67. The average Bonchev–Trinajstić information content (AvgIpc) is 3.07. The van der Waals surface area contributed by atoms with E-state index in [1.807, 2.05) is 0 Å². The van der Waals surface area contributed by atoms with Crippen LogP contribution in [0.3, 0.4) is 0 Å². The molecule has 1 saturated carbocycles. The van der Waals surface area contributed by atoms with Crippen LogP contribution in [0.5, 0.6) is 0 Å². The normalized spacial score (nSPS) is 27.6. The van der Waals surface area contributed by atoms with E-state index in [0.717, 1.165) is 18.5 Å². The van der Waals surface area contributed by atoms with Gasteiger partial charge in [0.1, 0.15) is 5.54 Å². The SMILES string of the molecule is [B]CC[C@@H]1CC[C@@H](CNC(=O)[C@@H](N)Cc2cnc[nH]2)[C@@](N)(C(=O)O)C1. The lowest BCUT2D eigenvalue weighted by molar-refractivity contribution is -0.148. The highest BCUT2D eigenvalue weighted by Gasteiger charge is 2.46. The number of carboxylic acids is 1. The van der Waals surface area contributed by atoms with Crippen LogP contribution in [0.15, 0.2) is 12.5 Å². The van der Waals surface area contributed by atoms with Gasteiger partial charge in [-0.3, -0.25) is 9.59 Å². The van der Waals surface area contributed by atoms with Crippen molar-refractivity contribution in [1.82, 2.24) is 15.3 Å². The van der Waals surface area contributed by atoms with Crippen LogP contribution in [-0.4, -0.2) is 52.9 Å². The van der Waals surface area contributed by atoms with Gasteiger partial charge in [-0.15, -0.1) is 0 Å². The molecule has 1 heterocycles. The number of amides is 1. The first-order valence-corrected chi connectivity index (χ1v) is 8.59. The molecule has 0 aromatic carbocycles. The van der Waals surface area contributed by atoms with E-state index >= 15 is 0 Å². The molecule has 1 fully saturated rings. The number of carboxylic acid groups (broad SMARTS) is 1. The lowest BCUT2D eigenvalue weighted by Gasteiger charge is -2.41. The summed E-state index contributed by atoms with van der Waals surface area (Å²) in [7, 11) is 5.58. The van der Waals surface area contributed by atoms with E-state index in [1.165, 1.54) is 6.33 Å². The molecule has 8 nitrogen and oxygen atoms in total. The van der Waals surface area contributed by atoms with Gasteiger partial charge in [0, 0.05) is 30.8 Å². The Balaban J connectivity index is 1.91. The molecule has 2 rings (SSSR count). The van der Waals surface area contributed by atoms with E-state index in [2.05, 4.69) is 15.3 Å². The minimum atomic E-state index is -1.35. The standard InChI is InChI=1S/C16H26BN5O3/c17-4-3-10-1-2-11(16(19,6-10)15(24)25)7-21-14(23)13(18)5-12-8-20-9-22-12/h8-11,13H,1-7,18-19H2,(H,20,22)(H,21,23)(H,24,25)/t10-,11-,13-,16+/m0/s1. The summed E-state index contributed by atoms with van der Waals surface area (Å²) in [5.41, 5.74) is 11.5. The second-order valence-corrected chi connectivity index (χ2v) is 6.90. The molecule has 136 valence electrons. The highest BCUT2D eigenvalue weighted by atomic mass is 16.4. The van der Waals surface area contributed by atoms with E-state index < -0.39 is 17.6 Å². The predicted molar refractivity (Wildman–Crippen MR) is 93.8 cm³/mol. The number of hydrogen-bond donors (Lipinski definition) is 5. The number of imidazole rings is 1. The van der Waals surface area contributed by atoms with Crippen molar-refractivity contribution in [1.29, 1.82) is 0 Å². The number of aliphatic carboxylic acids is 1. The smallest absolute Gasteiger partial charge is 0.324 e. The molecule has 25 heavy (non-hydrogen) atoms. The quantitative estimate of drug-likeness (QED) is 0.403. The van der Waals surface area contributed by atoms with Crippen LogP contribution >= 0.6 is 0 Å². The molecule has 1 aromatic heterocycles. The molecule has 1 aliphatic rings. The molecule has 0 unspecified atom stereocenters. The van der Waals surface area contributed by atoms with Gasteiger partial charge in [0.2, 0.25) is 5.91 Å². The Bertz CT molecular complexity index is 582. The van der Waals surface area contributed by atoms with Gasteiger partial charge in [-0.25, -0.2) is 4.98 Å². The van der Waals surface area contributed by atoms with Crippen molar-refractivity contribution in [3.63, 3.8) is 0 Å². The summed E-state index contributed by atoms with van der Waals surface area (Å²) in [6, 6.07) is -0.731. The summed E-state index contributed by atoms with van der Waals surface area (Å²) < 4.78 is 0. The number of carbonyl (C=O) groups excluding carboxylic acids is 1. The van der Waals surface area contributed by atoms with Crippen molar-refractivity contribution < 1.29 is 14.7 Å². The van der Waals surface area contributed by atoms with Crippen LogP contribution in [0.25, 0.3) is 0 Å². The van der Waals surface area contributed by atoms with Crippen molar-refractivity contribution in [3.8, 4) is 0 Å². The summed E-state index contributed by atoms with van der Waals surface area (Å²) in [5, 5.41) is 12.4. The van der Waals surface area contributed by atoms with Gasteiger partial charge in [0.25, 0.3) is 0 Å². The fraction of sp³-hybridized carbons (Fsp3) is 0.688. The number of rotatable bonds is 8. The molecule has 4 atom stereocenters. The third-order valence-corrected chi connectivity index (χ3v) is 5.11. The van der Waals surface area contributed by atoms with Gasteiger partial charge in [-0.2, -0.15) is 0 Å². The highest BCUT2D eigenvalue weighted by molar-refractivity contribution is 6.08. The summed E-state index contributed by atoms with van der Waals surface area (Å²) in [5.74, 6) is -1.48. The van der Waals surface area contributed by atoms with E-state index in [4.69, 9.17) is 19.3 Å². The maximum atomic E-state index is 12.2. The number of aromatic amines is 1. The van der Waals surface area contributed by atoms with Crippen LogP contribution in [0, 0.1) is 11.8 Å². The zero-order chi connectivity index (χ0) is 18.4. The monoisotopic (exact) mass is 347 g/mol. The summed E-state index contributed by atoms with van der Waals surface area (Å²) in [6.07, 6.45) is 6.64. The van der Waals surface area contributed by atoms with Crippen LogP contribution < -0.4 is 16.8 Å². The molecule has 9 heteroatoms. The fourth-order valence-electron chi connectivity index (χ4n) is 3.55. The van der Waals surface area contributed by atoms with Gasteiger partial charge in [0.15, 0.2) is 0 Å². The van der Waals surface area contributed by atoms with Gasteiger partial charge < -0.3 is 26.9 Å². The molecule has 1 aromatic rings. The van der Waals surface area contributed by atoms with Crippen molar-refractivity contribution in [2.45, 2.75) is 50.0 Å². The Hall–Kier alpha value is -1.87. The first kappa shape index (κ1) is 19.5. The number of H-pyrrole nitrogens is 1. The van der Waals surface area contributed by atoms with Gasteiger partial charge in [-0.1, -0.05) is 12.7 Å². The largest absolute Gasteiger partial charge is 0.480 e. The van der Waals surface area contributed by atoms with Crippen LogP contribution in [0.1, 0.15) is 31.4 Å². The van der Waals surface area contributed by atoms with Gasteiger partial charge in [-0.05, 0) is 25.2 Å². The molecule has 0 bridgehead atoms. The van der Waals surface area contributed by atoms with Crippen LogP contribution in [0.2, 0.25) is 6.32 Å². The minimum absolute atomic E-state index is 0.202. The van der Waals surface area contributed by atoms with Crippen molar-refractivity contribution in [2.24, 2.45) is 23.3 Å². The van der Waals surface area contributed by atoms with E-state index in [0.29, 0.717) is 25.6 Å². The number of carbonyl (C=O) groups is 2. The Kier molecular flexibility index (Phi) is 6.61. The van der Waals surface area contributed by atoms with Crippen LogP contribution in [0.4, 0.5) is 0 Å². The Morgan fingerprint density at radius 2 is 2.28 bits per heavy atom. The second kappa shape index (κ2) is 8.49. The zero-order valence-corrected chi connectivity index (χ0v) is 14.3. The first-order chi connectivity index (χ1) is 11.9. The Labute approximate surface area is 148 Å². The van der Waals surface area contributed by atoms with Crippen molar-refractivity contribution in [3.05, 3.63) is 18.2 Å². The third kappa shape index (κ3) is 4.82. The molecule has 0 spiro atoms. The van der Waals surface area contributed by atoms with Gasteiger partial charge >= 0.3 is 5.97 Å². The van der Waals surface area contributed by atoms with Crippen molar-refractivity contribution in [2.75, 3.05) is 6.54 Å². The molecular formula is C16H26BN5O3. The molecular weight excluding hydrogens is 321 g/mol. The number of nitrogens with one attached hydrogen (secondary N) is 2. The number of nitrogens with zero attached hydrogens (tertiary/aromatic N) is 1. The predicted octanol–water partition coefficient (Wildman–Crippen LogP) is -0.429. The summed E-state index contributed by atoms with van der Waals surface area (Å²) in [6.45, 7) is 0.202. The molecule has 1 amide bonds. The Morgan fingerprint density at radius 3 is 2.88 bits per heavy atom. The summed E-state index contributed by atoms with van der Waals surface area (Å²) >= 11 is 0. The summed E-state index contributed by atoms with van der Waals surface area (Å²) in [4.78, 5) is 30.7. The fourth-order valence-corrected chi connectivity index (χ4v) is 3.55. The van der Waals surface area contributed by atoms with Crippen LogP contribution in [-0.2, 0) is 16.0 Å². The minimum Gasteiger partial charge on any atom is -0.480 e. The second-order valence-electron chi connectivity index (χ2n) is 6.90. The molecule has 0 saturated heterocycles. The van der Waals surface area contributed by atoms with Crippen molar-refractivity contribution >= 4 is 19.7 Å². The maximum Gasteiger partial charge on any atom is 0.324 e. The number of aromatic nitrogens is 2. The Morgan fingerprint density at radius 1 is 1.52 bits per heavy atom. The topological polar surface area (TPSA) is 147 Å². The number of hydrogen-bond acceptors (Lipinski definition) is 5. The lowest BCUT2D eigenvalue weighted by Crippen LogP contribution is -2.60. The zero-order valence-electron chi connectivity index (χ0n) is 14.3. The highest BCUT2D eigenvalue weighted by Crippen LogP contribution is 2.37. The van der Waals surface area contributed by atoms with E-state index in [-0.39, 0.29) is 24.3 Å². The molecule has 0 aliphatic heterocycles. The third-order valence-electron chi connectivity index (χ3n) is 5.11. The van der Waals surface area contributed by atoms with E-state index in [9.17, 15) is 14.7 Å². The number of nitrogens with two attached hydrogens (primary N) is 2. The average molecular weight is 347 g/mol.